The molecule has 1 heterocycles. The lowest BCUT2D eigenvalue weighted by Crippen LogP contribution is -2.31. The molecule has 134 valence electrons. The Labute approximate surface area is 150 Å². The number of benzene rings is 2. The third-order valence-corrected chi connectivity index (χ3v) is 3.87. The number of carbonyl (C=O) groups excluding carboxylic acids is 2. The predicted molar refractivity (Wildman–Crippen MR) is 96.0 cm³/mol. The van der Waals surface area contributed by atoms with E-state index < -0.39 is 5.97 Å². The molecule has 0 aliphatic heterocycles. The highest BCUT2D eigenvalue weighted by molar-refractivity contribution is 5.89. The SMILES string of the molecule is COC(=O)c1cccc(OCC(=O)NC(C)c2cc3ccccc3o2)c1. The highest BCUT2D eigenvalue weighted by atomic mass is 16.5. The topological polar surface area (TPSA) is 77.8 Å². The summed E-state index contributed by atoms with van der Waals surface area (Å²) >= 11 is 0. The Bertz CT molecular complexity index is 898. The maximum atomic E-state index is 12.1. The molecule has 6 heteroatoms. The lowest BCUT2D eigenvalue weighted by molar-refractivity contribution is -0.123. The summed E-state index contributed by atoms with van der Waals surface area (Å²) in [5, 5.41) is 3.81. The number of hydrogen-bond acceptors (Lipinski definition) is 5. The molecular formula is C20H19NO5. The van der Waals surface area contributed by atoms with Crippen LogP contribution in [0.25, 0.3) is 11.0 Å². The van der Waals surface area contributed by atoms with Crippen molar-refractivity contribution >= 4 is 22.8 Å². The van der Waals surface area contributed by atoms with Gasteiger partial charge in [-0.3, -0.25) is 4.79 Å². The van der Waals surface area contributed by atoms with Gasteiger partial charge in [0.25, 0.3) is 5.91 Å². The summed E-state index contributed by atoms with van der Waals surface area (Å²) in [6.45, 7) is 1.67. The van der Waals surface area contributed by atoms with Crippen molar-refractivity contribution in [3.05, 3.63) is 65.9 Å². The van der Waals surface area contributed by atoms with Gasteiger partial charge >= 0.3 is 5.97 Å². The van der Waals surface area contributed by atoms with Crippen LogP contribution < -0.4 is 10.1 Å². The van der Waals surface area contributed by atoms with Gasteiger partial charge in [-0.1, -0.05) is 24.3 Å². The van der Waals surface area contributed by atoms with Crippen molar-refractivity contribution in [1.82, 2.24) is 5.32 Å². The molecule has 0 radical (unpaired) electrons. The number of amides is 1. The molecule has 0 aliphatic carbocycles. The van der Waals surface area contributed by atoms with Crippen molar-refractivity contribution in [2.45, 2.75) is 13.0 Å². The number of rotatable bonds is 6. The Morgan fingerprint density at radius 2 is 1.92 bits per heavy atom. The van der Waals surface area contributed by atoms with E-state index in [1.807, 2.05) is 37.3 Å². The quantitative estimate of drug-likeness (QED) is 0.687. The monoisotopic (exact) mass is 353 g/mol. The van der Waals surface area contributed by atoms with Gasteiger partial charge < -0.3 is 19.2 Å². The molecule has 0 spiro atoms. The summed E-state index contributed by atoms with van der Waals surface area (Å²) in [6, 6.07) is 15.7. The maximum absolute atomic E-state index is 12.1. The molecule has 0 fully saturated rings. The van der Waals surface area contributed by atoms with Gasteiger partial charge in [0.1, 0.15) is 17.1 Å². The Balaban J connectivity index is 1.57. The Kier molecular flexibility index (Phi) is 5.22. The molecule has 1 aromatic heterocycles. The second-order valence-electron chi connectivity index (χ2n) is 5.78. The molecule has 2 aromatic carbocycles. The molecule has 1 atom stereocenters. The van der Waals surface area contributed by atoms with E-state index in [1.165, 1.54) is 13.2 Å². The van der Waals surface area contributed by atoms with E-state index >= 15 is 0 Å². The van der Waals surface area contributed by atoms with Crippen molar-refractivity contribution in [3.63, 3.8) is 0 Å². The van der Waals surface area contributed by atoms with Crippen LogP contribution in [0.5, 0.6) is 5.75 Å². The number of furan rings is 1. The van der Waals surface area contributed by atoms with Crippen LogP contribution in [-0.4, -0.2) is 25.6 Å². The van der Waals surface area contributed by atoms with E-state index in [0.717, 1.165) is 11.0 Å². The van der Waals surface area contributed by atoms with Crippen LogP contribution in [0.15, 0.2) is 59.0 Å². The number of nitrogens with one attached hydrogen (secondary N) is 1. The smallest absolute Gasteiger partial charge is 0.337 e. The summed E-state index contributed by atoms with van der Waals surface area (Å²) in [5.74, 6) is 0.339. The van der Waals surface area contributed by atoms with E-state index in [9.17, 15) is 9.59 Å². The van der Waals surface area contributed by atoms with E-state index in [2.05, 4.69) is 10.1 Å². The van der Waals surface area contributed by atoms with Gasteiger partial charge in [0, 0.05) is 5.39 Å². The molecule has 1 unspecified atom stereocenters. The van der Waals surface area contributed by atoms with Crippen molar-refractivity contribution in [2.24, 2.45) is 0 Å². The van der Waals surface area contributed by atoms with Crippen molar-refractivity contribution in [2.75, 3.05) is 13.7 Å². The molecular weight excluding hydrogens is 334 g/mol. The van der Waals surface area contributed by atoms with E-state index in [-0.39, 0.29) is 18.6 Å². The van der Waals surface area contributed by atoms with Crippen LogP contribution in [0.4, 0.5) is 0 Å². The third-order valence-electron chi connectivity index (χ3n) is 3.87. The predicted octanol–water partition coefficient (Wildman–Crippen LogP) is 3.48. The molecule has 1 amide bonds. The zero-order chi connectivity index (χ0) is 18.5. The first-order chi connectivity index (χ1) is 12.6. The first-order valence-corrected chi connectivity index (χ1v) is 8.16. The second-order valence-corrected chi connectivity index (χ2v) is 5.78. The molecule has 0 saturated carbocycles. The number of fused-ring (bicyclic) bond motifs is 1. The molecule has 6 nitrogen and oxygen atoms in total. The maximum Gasteiger partial charge on any atom is 0.337 e. The van der Waals surface area contributed by atoms with Crippen LogP contribution >= 0.6 is 0 Å². The number of esters is 1. The second kappa shape index (κ2) is 7.74. The van der Waals surface area contributed by atoms with Crippen LogP contribution in [0.2, 0.25) is 0 Å². The van der Waals surface area contributed by atoms with Gasteiger partial charge in [-0.15, -0.1) is 0 Å². The third kappa shape index (κ3) is 4.03. The summed E-state index contributed by atoms with van der Waals surface area (Å²) < 4.78 is 15.8. The number of methoxy groups -OCH3 is 1. The minimum absolute atomic E-state index is 0.171. The fourth-order valence-corrected chi connectivity index (χ4v) is 2.55. The van der Waals surface area contributed by atoms with Gasteiger partial charge in [-0.2, -0.15) is 0 Å². The van der Waals surface area contributed by atoms with Gasteiger partial charge in [-0.05, 0) is 37.3 Å². The highest BCUT2D eigenvalue weighted by Crippen LogP contribution is 2.23. The van der Waals surface area contributed by atoms with Crippen LogP contribution in [0, 0.1) is 0 Å². The molecule has 1 N–H and O–H groups in total. The summed E-state index contributed by atoms with van der Waals surface area (Å²) in [5.41, 5.74) is 1.14. The van der Waals surface area contributed by atoms with Gasteiger partial charge in [-0.25, -0.2) is 4.79 Å². The zero-order valence-electron chi connectivity index (χ0n) is 14.5. The average Bonchev–Trinajstić information content (AvgIpc) is 3.10. The number of ether oxygens (including phenoxy) is 2. The minimum Gasteiger partial charge on any atom is -0.484 e. The average molecular weight is 353 g/mol. The van der Waals surface area contributed by atoms with E-state index in [0.29, 0.717) is 17.1 Å². The molecule has 3 aromatic rings. The minimum atomic E-state index is -0.460. The molecule has 0 aliphatic rings. The van der Waals surface area contributed by atoms with Crippen molar-refractivity contribution in [1.29, 1.82) is 0 Å². The van der Waals surface area contributed by atoms with Gasteiger partial charge in [0.15, 0.2) is 6.61 Å². The standard InChI is InChI=1S/C20H19NO5/c1-13(18-11-14-6-3-4-9-17(14)26-18)21-19(22)12-25-16-8-5-7-15(10-16)20(23)24-2/h3-11,13H,12H2,1-2H3,(H,21,22). The van der Waals surface area contributed by atoms with Crippen molar-refractivity contribution in [3.8, 4) is 5.75 Å². The summed E-state index contributed by atoms with van der Waals surface area (Å²) in [4.78, 5) is 23.6. The number of carbonyl (C=O) groups is 2. The summed E-state index contributed by atoms with van der Waals surface area (Å²) in [7, 11) is 1.31. The van der Waals surface area contributed by atoms with Crippen molar-refractivity contribution < 1.29 is 23.5 Å². The molecule has 3 rings (SSSR count). The Morgan fingerprint density at radius 1 is 1.12 bits per heavy atom. The largest absolute Gasteiger partial charge is 0.484 e. The Hall–Kier alpha value is -3.28. The van der Waals surface area contributed by atoms with Crippen LogP contribution in [0.1, 0.15) is 29.1 Å². The zero-order valence-corrected chi connectivity index (χ0v) is 14.5. The first kappa shape index (κ1) is 17.5. The Morgan fingerprint density at radius 3 is 2.69 bits per heavy atom. The molecule has 0 saturated heterocycles. The first-order valence-electron chi connectivity index (χ1n) is 8.16. The summed E-state index contributed by atoms with van der Waals surface area (Å²) in [6.07, 6.45) is 0. The molecule has 26 heavy (non-hydrogen) atoms. The van der Waals surface area contributed by atoms with E-state index in [1.54, 1.807) is 18.2 Å². The lowest BCUT2D eigenvalue weighted by Gasteiger charge is -2.12. The fourth-order valence-electron chi connectivity index (χ4n) is 2.55. The van der Waals surface area contributed by atoms with Gasteiger partial charge in [0.2, 0.25) is 0 Å². The fraction of sp³-hybridized carbons (Fsp3) is 0.200. The highest BCUT2D eigenvalue weighted by Gasteiger charge is 2.15. The van der Waals surface area contributed by atoms with Crippen LogP contribution in [0.3, 0.4) is 0 Å². The van der Waals surface area contributed by atoms with E-state index in [4.69, 9.17) is 9.15 Å². The lowest BCUT2D eigenvalue weighted by atomic mass is 10.2. The van der Waals surface area contributed by atoms with Crippen LogP contribution in [-0.2, 0) is 9.53 Å². The number of para-hydroxylation sites is 1. The molecule has 0 bridgehead atoms. The van der Waals surface area contributed by atoms with Gasteiger partial charge in [0.05, 0.1) is 18.7 Å². The normalized spacial score (nSPS) is 11.8. The number of hydrogen-bond donors (Lipinski definition) is 1.